The van der Waals surface area contributed by atoms with Crippen LogP contribution in [-0.2, 0) is 17.4 Å². The standard InChI is InChI=1S/BF4.Cr/c2-1(3,4)5;/q-1;. The van der Waals surface area contributed by atoms with Crippen LogP contribution in [0.4, 0.5) is 17.3 Å². The summed E-state index contributed by atoms with van der Waals surface area (Å²) in [7, 11) is -6.00. The van der Waals surface area contributed by atoms with Crippen molar-refractivity contribution in [2.45, 2.75) is 0 Å². The van der Waals surface area contributed by atoms with Gasteiger partial charge in [0.1, 0.15) is 0 Å². The van der Waals surface area contributed by atoms with E-state index in [1.807, 2.05) is 0 Å². The Morgan fingerprint density at radius 2 is 0.833 bits per heavy atom. The molecule has 0 nitrogen and oxygen atoms in total. The zero-order chi connectivity index (χ0) is 4.50. The van der Waals surface area contributed by atoms with Crippen LogP contribution < -0.4 is 0 Å². The summed E-state index contributed by atoms with van der Waals surface area (Å²) in [5.74, 6) is 0. The molecular formula is BCrF4-. The second-order valence-electron chi connectivity index (χ2n) is 0.495. The molecule has 0 saturated heterocycles. The molecule has 0 amide bonds. The summed E-state index contributed by atoms with van der Waals surface area (Å²) in [5, 5.41) is 0. The van der Waals surface area contributed by atoms with Crippen LogP contribution in [0.3, 0.4) is 0 Å². The van der Waals surface area contributed by atoms with Gasteiger partial charge < -0.3 is 17.3 Å². The fraction of sp³-hybridized carbons (Fsp3) is 0. The summed E-state index contributed by atoms with van der Waals surface area (Å²) < 4.78 is 39.0. The Morgan fingerprint density at radius 1 is 0.833 bits per heavy atom. The summed E-state index contributed by atoms with van der Waals surface area (Å²) in [6.45, 7) is 0. The van der Waals surface area contributed by atoms with Crippen LogP contribution in [0.15, 0.2) is 0 Å². The van der Waals surface area contributed by atoms with Crippen LogP contribution in [0, 0.1) is 0 Å². The Bertz CT molecular complexity index is 23.0. The fourth-order valence-corrected chi connectivity index (χ4v) is 0. The number of rotatable bonds is 0. The second-order valence-corrected chi connectivity index (χ2v) is 0.495. The molecule has 0 rings (SSSR count). The molecule has 0 aromatic carbocycles. The Hall–Kier alpha value is 0.317. The molecule has 6 heavy (non-hydrogen) atoms. The van der Waals surface area contributed by atoms with Crippen molar-refractivity contribution in [1.82, 2.24) is 0 Å². The van der Waals surface area contributed by atoms with Gasteiger partial charge >= 0.3 is 7.25 Å². The smallest absolute Gasteiger partial charge is 0.418 e. The van der Waals surface area contributed by atoms with Gasteiger partial charge in [0.25, 0.3) is 0 Å². The number of hydrogen-bond donors (Lipinski definition) is 0. The van der Waals surface area contributed by atoms with Crippen molar-refractivity contribution in [2.75, 3.05) is 0 Å². The van der Waals surface area contributed by atoms with Crippen molar-refractivity contribution in [3.63, 3.8) is 0 Å². The maximum atomic E-state index is 9.75. The monoisotopic (exact) mass is 139 g/mol. The molecule has 0 aromatic heterocycles. The zero-order valence-electron chi connectivity index (χ0n) is 2.50. The topological polar surface area (TPSA) is 0 Å². The Labute approximate surface area is 42.8 Å². The van der Waals surface area contributed by atoms with Gasteiger partial charge in [0.15, 0.2) is 0 Å². The molecule has 6 heteroatoms. The van der Waals surface area contributed by atoms with E-state index in [2.05, 4.69) is 0 Å². The molecule has 0 aliphatic heterocycles. The molecule has 0 atom stereocenters. The third-order valence-electron chi connectivity index (χ3n) is 0. The molecule has 0 fully saturated rings. The first kappa shape index (κ1) is 9.58. The zero-order valence-corrected chi connectivity index (χ0v) is 3.77. The van der Waals surface area contributed by atoms with Crippen LogP contribution >= 0.6 is 0 Å². The molecule has 0 saturated carbocycles. The average molecular weight is 139 g/mol. The van der Waals surface area contributed by atoms with Gasteiger partial charge in [-0.15, -0.1) is 0 Å². The minimum atomic E-state index is -6.00. The van der Waals surface area contributed by atoms with Gasteiger partial charge in [0.05, 0.1) is 0 Å². The van der Waals surface area contributed by atoms with Crippen LogP contribution in [0.25, 0.3) is 0 Å². The Balaban J connectivity index is 0. The van der Waals surface area contributed by atoms with E-state index in [1.54, 1.807) is 0 Å². The minimum Gasteiger partial charge on any atom is -0.418 e. The normalized spacial score (nSPS) is 10.0. The third-order valence-corrected chi connectivity index (χ3v) is 0. The Kier molecular flexibility index (Phi) is 3.97. The maximum Gasteiger partial charge on any atom is 0.673 e. The van der Waals surface area contributed by atoms with Crippen LogP contribution in [0.1, 0.15) is 0 Å². The van der Waals surface area contributed by atoms with E-state index in [0.29, 0.717) is 0 Å². The van der Waals surface area contributed by atoms with Crippen molar-refractivity contribution in [2.24, 2.45) is 0 Å². The van der Waals surface area contributed by atoms with Crippen molar-refractivity contribution < 1.29 is 34.6 Å². The quantitative estimate of drug-likeness (QED) is 0.350. The summed E-state index contributed by atoms with van der Waals surface area (Å²) in [4.78, 5) is 0. The number of halogens is 4. The van der Waals surface area contributed by atoms with Crippen molar-refractivity contribution in [3.8, 4) is 0 Å². The van der Waals surface area contributed by atoms with Gasteiger partial charge in [-0.1, -0.05) is 0 Å². The molecule has 38 valence electrons. The first-order valence-electron chi connectivity index (χ1n) is 0.873. The van der Waals surface area contributed by atoms with Gasteiger partial charge in [-0.25, -0.2) is 0 Å². The van der Waals surface area contributed by atoms with Crippen LogP contribution in [0.2, 0.25) is 0 Å². The molecular weight excluding hydrogens is 139 g/mol. The predicted octanol–water partition coefficient (Wildman–Crippen LogP) is 1.30. The van der Waals surface area contributed by atoms with Gasteiger partial charge in [-0.05, 0) is 0 Å². The van der Waals surface area contributed by atoms with Crippen molar-refractivity contribution in [1.29, 1.82) is 0 Å². The van der Waals surface area contributed by atoms with E-state index < -0.39 is 7.25 Å². The molecule has 0 radical (unpaired) electrons. The second kappa shape index (κ2) is 2.48. The van der Waals surface area contributed by atoms with Gasteiger partial charge in [0.2, 0.25) is 0 Å². The molecule has 0 bridgehead atoms. The first-order valence-corrected chi connectivity index (χ1v) is 0.873. The molecule has 0 N–H and O–H groups in total. The summed E-state index contributed by atoms with van der Waals surface area (Å²) >= 11 is 0. The van der Waals surface area contributed by atoms with E-state index in [9.17, 15) is 17.3 Å². The third kappa shape index (κ3) is 472. The van der Waals surface area contributed by atoms with Gasteiger partial charge in [-0.3, -0.25) is 0 Å². The summed E-state index contributed by atoms with van der Waals surface area (Å²) in [5.41, 5.74) is 0. The molecule has 0 unspecified atom stereocenters. The van der Waals surface area contributed by atoms with Gasteiger partial charge in [0, 0.05) is 17.4 Å². The SMILES string of the molecule is F[B-](F)(F)F.[Cr]. The molecule has 0 aromatic rings. The minimum absolute atomic E-state index is 0. The van der Waals surface area contributed by atoms with E-state index in [-0.39, 0.29) is 17.4 Å². The van der Waals surface area contributed by atoms with E-state index >= 15 is 0 Å². The Morgan fingerprint density at radius 3 is 0.833 bits per heavy atom. The predicted molar refractivity (Wildman–Crippen MR) is 10.2 cm³/mol. The largest absolute Gasteiger partial charge is 0.673 e. The fourth-order valence-electron chi connectivity index (χ4n) is 0. The van der Waals surface area contributed by atoms with Crippen LogP contribution in [-0.4, -0.2) is 7.25 Å². The molecule has 0 aliphatic carbocycles. The molecule has 0 spiro atoms. The summed E-state index contributed by atoms with van der Waals surface area (Å²) in [6, 6.07) is 0. The molecule has 0 aliphatic rings. The first-order chi connectivity index (χ1) is 2.00. The van der Waals surface area contributed by atoms with E-state index in [0.717, 1.165) is 0 Å². The molecule has 0 heterocycles. The van der Waals surface area contributed by atoms with Crippen molar-refractivity contribution in [3.05, 3.63) is 0 Å². The maximum absolute atomic E-state index is 9.75. The average Bonchev–Trinajstić information content (AvgIpc) is 0.722. The van der Waals surface area contributed by atoms with E-state index in [4.69, 9.17) is 0 Å². The van der Waals surface area contributed by atoms with Crippen molar-refractivity contribution >= 4 is 7.25 Å². The van der Waals surface area contributed by atoms with E-state index in [1.165, 1.54) is 0 Å². The number of hydrogen-bond acceptors (Lipinski definition) is 0. The van der Waals surface area contributed by atoms with Crippen LogP contribution in [0.5, 0.6) is 0 Å². The van der Waals surface area contributed by atoms with Gasteiger partial charge in [-0.2, -0.15) is 0 Å². The summed E-state index contributed by atoms with van der Waals surface area (Å²) in [6.07, 6.45) is 0.